The van der Waals surface area contributed by atoms with Gasteiger partial charge in [0, 0.05) is 43.9 Å². The van der Waals surface area contributed by atoms with E-state index in [4.69, 9.17) is 18.1 Å². The molecule has 5 heteroatoms. The molecule has 0 bridgehead atoms. The molecular weight excluding hydrogens is 613 g/mol. The molecule has 0 aliphatic rings. The van der Waals surface area contributed by atoms with Gasteiger partial charge >= 0.3 is 0 Å². The third-order valence-corrected chi connectivity index (χ3v) is 8.84. The van der Waals surface area contributed by atoms with Gasteiger partial charge in [-0.2, -0.15) is 0 Å². The van der Waals surface area contributed by atoms with E-state index >= 15 is 0 Å². The molecule has 0 saturated heterocycles. The standard InChI is InChI=1S/C45H28N4O/c1-4-13-29(14-5-1)43-46-44(30-15-6-2-7-16-30)48-45(47-43)32-23-25-36-41(28-32)50-40-22-12-20-34(42(36)40)31-24-26-39-37(27-31)35-19-10-11-21-38(35)49(39)33-17-8-3-9-18-33/h1-28H/i1D,2D,4D,5D,6D,7D,13D,14D,15D,16D. The largest absolute Gasteiger partial charge is 0.456 e. The van der Waals surface area contributed by atoms with Crippen molar-refractivity contribution >= 4 is 43.7 Å². The third-order valence-electron chi connectivity index (χ3n) is 8.84. The Morgan fingerprint density at radius 2 is 1.10 bits per heavy atom. The van der Waals surface area contributed by atoms with Crippen molar-refractivity contribution in [1.29, 1.82) is 0 Å². The minimum Gasteiger partial charge on any atom is -0.456 e. The Balaban J connectivity index is 1.16. The lowest BCUT2D eigenvalue weighted by atomic mass is 9.97. The van der Waals surface area contributed by atoms with Gasteiger partial charge in [-0.05, 0) is 59.7 Å². The number of furan rings is 1. The molecule has 0 saturated carbocycles. The number of rotatable bonds is 5. The number of para-hydroxylation sites is 2. The highest BCUT2D eigenvalue weighted by atomic mass is 16.3. The summed E-state index contributed by atoms with van der Waals surface area (Å²) >= 11 is 0. The first-order valence-electron chi connectivity index (χ1n) is 20.9. The van der Waals surface area contributed by atoms with Crippen molar-refractivity contribution in [2.24, 2.45) is 0 Å². The van der Waals surface area contributed by atoms with E-state index < -0.39 is 60.4 Å². The van der Waals surface area contributed by atoms with E-state index in [1.54, 1.807) is 12.1 Å². The second kappa shape index (κ2) is 11.4. The number of fused-ring (bicyclic) bond motifs is 6. The highest BCUT2D eigenvalue weighted by molar-refractivity contribution is 6.15. The first kappa shape index (κ1) is 19.8. The Labute approximate surface area is 301 Å². The monoisotopic (exact) mass is 650 g/mol. The summed E-state index contributed by atoms with van der Waals surface area (Å²) in [5, 5.41) is 3.89. The summed E-state index contributed by atoms with van der Waals surface area (Å²) in [7, 11) is 0. The van der Waals surface area contributed by atoms with Gasteiger partial charge < -0.3 is 8.98 Å². The van der Waals surface area contributed by atoms with Gasteiger partial charge in [0.15, 0.2) is 17.5 Å². The van der Waals surface area contributed by atoms with E-state index in [0.717, 1.165) is 49.4 Å². The van der Waals surface area contributed by atoms with Gasteiger partial charge in [0.1, 0.15) is 11.2 Å². The molecule has 10 rings (SSSR count). The Kier molecular flexibility index (Phi) is 4.52. The molecule has 5 nitrogen and oxygen atoms in total. The van der Waals surface area contributed by atoms with Crippen LogP contribution < -0.4 is 0 Å². The molecule has 0 aliphatic carbocycles. The third kappa shape index (κ3) is 4.60. The van der Waals surface area contributed by atoms with Crippen molar-refractivity contribution in [3.05, 3.63) is 170 Å². The van der Waals surface area contributed by atoms with Crippen LogP contribution in [0.1, 0.15) is 13.7 Å². The molecule has 3 aromatic heterocycles. The highest BCUT2D eigenvalue weighted by Crippen LogP contribution is 2.41. The Hall–Kier alpha value is -6.85. The van der Waals surface area contributed by atoms with Gasteiger partial charge in [0.25, 0.3) is 0 Å². The lowest BCUT2D eigenvalue weighted by Gasteiger charge is -2.09. The fourth-order valence-corrected chi connectivity index (χ4v) is 6.65. The van der Waals surface area contributed by atoms with Gasteiger partial charge in [0.2, 0.25) is 0 Å². The average Bonchev–Trinajstić information content (AvgIpc) is 3.82. The lowest BCUT2D eigenvalue weighted by Crippen LogP contribution is -2.00. The van der Waals surface area contributed by atoms with Crippen LogP contribution in [0.2, 0.25) is 0 Å². The first-order chi connectivity index (χ1) is 28.9. The normalized spacial score (nSPS) is 14.4. The maximum absolute atomic E-state index is 8.64. The van der Waals surface area contributed by atoms with E-state index in [-0.39, 0.29) is 28.6 Å². The number of hydrogen-bond acceptors (Lipinski definition) is 4. The average molecular weight is 651 g/mol. The van der Waals surface area contributed by atoms with Gasteiger partial charge in [-0.1, -0.05) is 121 Å². The van der Waals surface area contributed by atoms with E-state index in [9.17, 15) is 0 Å². The highest BCUT2D eigenvalue weighted by Gasteiger charge is 2.18. The molecule has 50 heavy (non-hydrogen) atoms. The summed E-state index contributed by atoms with van der Waals surface area (Å²) in [6.45, 7) is 0. The lowest BCUT2D eigenvalue weighted by molar-refractivity contribution is 0.669. The fraction of sp³-hybridized carbons (Fsp3) is 0. The molecule has 10 aromatic rings. The second-order valence-corrected chi connectivity index (χ2v) is 11.7. The molecular formula is C45H28N4O. The van der Waals surface area contributed by atoms with Crippen molar-refractivity contribution < 1.29 is 18.1 Å². The molecule has 0 unspecified atom stereocenters. The van der Waals surface area contributed by atoms with E-state index in [1.807, 2.05) is 54.6 Å². The van der Waals surface area contributed by atoms with Crippen molar-refractivity contribution in [1.82, 2.24) is 19.5 Å². The molecule has 234 valence electrons. The van der Waals surface area contributed by atoms with Crippen molar-refractivity contribution in [3.8, 4) is 51.0 Å². The van der Waals surface area contributed by atoms with E-state index in [0.29, 0.717) is 16.7 Å². The van der Waals surface area contributed by atoms with Crippen LogP contribution in [0.25, 0.3) is 94.7 Å². The number of aromatic nitrogens is 4. The zero-order chi connectivity index (χ0) is 41.7. The summed E-state index contributed by atoms with van der Waals surface area (Å²) in [6.07, 6.45) is 0. The summed E-state index contributed by atoms with van der Waals surface area (Å²) in [5.74, 6) is -0.721. The maximum atomic E-state index is 8.64. The molecule has 0 fully saturated rings. The Morgan fingerprint density at radius 1 is 0.460 bits per heavy atom. The van der Waals surface area contributed by atoms with Gasteiger partial charge in [0.05, 0.1) is 24.7 Å². The van der Waals surface area contributed by atoms with Gasteiger partial charge in [-0.25, -0.2) is 15.0 Å². The minimum atomic E-state index is -0.613. The molecule has 3 heterocycles. The zero-order valence-corrected chi connectivity index (χ0v) is 26.1. The van der Waals surface area contributed by atoms with Crippen LogP contribution in [0.15, 0.2) is 174 Å². The SMILES string of the molecule is [2H]c1c([2H])c([2H])c(-c2nc(-c3ccc4c(c3)oc3cccc(-c5ccc6c(c5)c5ccccc5n6-c5ccccc5)c34)nc(-c3c([2H])c([2H])c([2H])c([2H])c3[2H])n2)c([2H])c1[2H]. The second-order valence-electron chi connectivity index (χ2n) is 11.7. The molecule has 0 amide bonds. The van der Waals surface area contributed by atoms with Crippen molar-refractivity contribution in [2.75, 3.05) is 0 Å². The van der Waals surface area contributed by atoms with E-state index in [2.05, 4.69) is 62.0 Å². The van der Waals surface area contributed by atoms with E-state index in [1.165, 1.54) is 0 Å². The number of hydrogen-bond donors (Lipinski definition) is 0. The Morgan fingerprint density at radius 3 is 1.84 bits per heavy atom. The Bertz CT molecular complexity index is 3310. The number of nitrogens with zero attached hydrogens (tertiary/aromatic N) is 4. The van der Waals surface area contributed by atoms with Crippen LogP contribution in [0.3, 0.4) is 0 Å². The quantitative estimate of drug-likeness (QED) is 0.186. The molecule has 0 N–H and O–H groups in total. The zero-order valence-electron chi connectivity index (χ0n) is 36.1. The van der Waals surface area contributed by atoms with Crippen LogP contribution >= 0.6 is 0 Å². The molecule has 0 spiro atoms. The summed E-state index contributed by atoms with van der Waals surface area (Å²) in [5.41, 5.74) is 5.98. The smallest absolute Gasteiger partial charge is 0.164 e. The van der Waals surface area contributed by atoms with Crippen molar-refractivity contribution in [3.63, 3.8) is 0 Å². The number of benzene rings is 7. The molecule has 0 aliphatic heterocycles. The van der Waals surface area contributed by atoms with Gasteiger partial charge in [-0.15, -0.1) is 0 Å². The predicted octanol–water partition coefficient (Wildman–Crippen LogP) is 11.5. The van der Waals surface area contributed by atoms with Crippen LogP contribution in [-0.4, -0.2) is 19.5 Å². The first-order valence-corrected chi connectivity index (χ1v) is 15.9. The van der Waals surface area contributed by atoms with Crippen LogP contribution in [0.5, 0.6) is 0 Å². The topological polar surface area (TPSA) is 56.7 Å². The molecule has 7 aromatic carbocycles. The van der Waals surface area contributed by atoms with Crippen LogP contribution in [0.4, 0.5) is 0 Å². The van der Waals surface area contributed by atoms with Crippen molar-refractivity contribution in [2.45, 2.75) is 0 Å². The summed E-state index contributed by atoms with van der Waals surface area (Å²) in [6, 6.07) is 30.2. The van der Waals surface area contributed by atoms with Crippen LogP contribution in [-0.2, 0) is 0 Å². The molecule has 0 atom stereocenters. The summed E-state index contributed by atoms with van der Waals surface area (Å²) < 4.78 is 92.6. The van der Waals surface area contributed by atoms with Gasteiger partial charge in [-0.3, -0.25) is 0 Å². The van der Waals surface area contributed by atoms with Crippen LogP contribution in [0, 0.1) is 0 Å². The molecule has 0 radical (unpaired) electrons. The fourth-order valence-electron chi connectivity index (χ4n) is 6.65. The summed E-state index contributed by atoms with van der Waals surface area (Å²) in [4.78, 5) is 13.5. The maximum Gasteiger partial charge on any atom is 0.164 e. The predicted molar refractivity (Wildman–Crippen MR) is 203 cm³/mol. The minimum absolute atomic E-state index is 0.0449.